The van der Waals surface area contributed by atoms with Gasteiger partial charge < -0.3 is 19.7 Å². The Hall–Kier alpha value is -2.04. The van der Waals surface area contributed by atoms with E-state index in [1.165, 1.54) is 11.1 Å². The average Bonchev–Trinajstić information content (AvgIpc) is 2.70. The van der Waals surface area contributed by atoms with Gasteiger partial charge in [0.1, 0.15) is 11.5 Å². The van der Waals surface area contributed by atoms with E-state index < -0.39 is 0 Å². The molecule has 0 amide bonds. The summed E-state index contributed by atoms with van der Waals surface area (Å²) in [5.41, 5.74) is 6.95. The van der Waals surface area contributed by atoms with Crippen LogP contribution in [0.4, 0.5) is 0 Å². The number of aliphatic hydroxyl groups is 2. The molecule has 2 rings (SSSR count). The van der Waals surface area contributed by atoms with Crippen molar-refractivity contribution >= 4 is 0 Å². The van der Waals surface area contributed by atoms with Crippen LogP contribution in [0.5, 0.6) is 11.5 Å². The molecule has 2 N–H and O–H groups in total. The number of hydrogen-bond acceptors (Lipinski definition) is 4. The molecule has 0 aromatic heterocycles. The van der Waals surface area contributed by atoms with Gasteiger partial charge in [0.2, 0.25) is 0 Å². The zero-order valence-electron chi connectivity index (χ0n) is 20.8. The second-order valence-electron chi connectivity index (χ2n) is 9.26. The number of rotatable bonds is 13. The second kappa shape index (κ2) is 12.9. The minimum Gasteiger partial charge on any atom is -0.493 e. The van der Waals surface area contributed by atoms with Crippen LogP contribution >= 0.6 is 0 Å². The van der Waals surface area contributed by atoms with Gasteiger partial charge in [-0.1, -0.05) is 0 Å². The first-order valence-corrected chi connectivity index (χ1v) is 12.0. The van der Waals surface area contributed by atoms with E-state index in [0.29, 0.717) is 13.2 Å². The maximum atomic E-state index is 9.38. The first-order chi connectivity index (χ1) is 15.2. The van der Waals surface area contributed by atoms with E-state index in [1.54, 1.807) is 0 Å². The maximum Gasteiger partial charge on any atom is 0.125 e. The Balaban J connectivity index is 2.04. The normalized spacial score (nSPS) is 13.1. The molecule has 0 radical (unpaired) electrons. The Labute approximate surface area is 194 Å². The van der Waals surface area contributed by atoms with Crippen molar-refractivity contribution in [2.24, 2.45) is 0 Å². The van der Waals surface area contributed by atoms with Gasteiger partial charge in [0.25, 0.3) is 0 Å². The molecule has 4 heteroatoms. The fraction of sp³-hybridized carbons (Fsp3) is 0.571. The third-order valence-electron chi connectivity index (χ3n) is 5.78. The molecule has 0 aliphatic heterocycles. The monoisotopic (exact) mass is 442 g/mol. The van der Waals surface area contributed by atoms with Gasteiger partial charge in [-0.3, -0.25) is 0 Å². The van der Waals surface area contributed by atoms with Gasteiger partial charge >= 0.3 is 0 Å². The van der Waals surface area contributed by atoms with Gasteiger partial charge in [0.05, 0.1) is 25.4 Å². The molecule has 0 saturated heterocycles. The highest BCUT2D eigenvalue weighted by molar-refractivity contribution is 5.70. The third kappa shape index (κ3) is 8.14. The van der Waals surface area contributed by atoms with Crippen molar-refractivity contribution in [2.75, 3.05) is 13.2 Å². The van der Waals surface area contributed by atoms with E-state index in [1.807, 2.05) is 13.8 Å². The molecule has 0 bridgehead atoms. The average molecular weight is 443 g/mol. The molecule has 0 saturated carbocycles. The molecule has 32 heavy (non-hydrogen) atoms. The Kier molecular flexibility index (Phi) is 10.5. The molecular weight excluding hydrogens is 400 g/mol. The van der Waals surface area contributed by atoms with Crippen LogP contribution in [-0.4, -0.2) is 35.6 Å². The number of benzene rings is 2. The van der Waals surface area contributed by atoms with E-state index in [-0.39, 0.29) is 12.2 Å². The predicted molar refractivity (Wildman–Crippen MR) is 133 cm³/mol. The van der Waals surface area contributed by atoms with E-state index in [9.17, 15) is 10.2 Å². The Bertz CT molecular complexity index is 737. The fourth-order valence-corrected chi connectivity index (χ4v) is 4.12. The molecule has 0 aliphatic rings. The largest absolute Gasteiger partial charge is 0.493 e. The molecule has 4 nitrogen and oxygen atoms in total. The summed E-state index contributed by atoms with van der Waals surface area (Å²) in [6.45, 7) is 13.4. The third-order valence-corrected chi connectivity index (χ3v) is 5.78. The highest BCUT2D eigenvalue weighted by Crippen LogP contribution is 2.34. The minimum atomic E-state index is -0.239. The SMILES string of the molecule is Cc1cc(-c2cc(C)c(OCCCCC(C)O)c(C)c2)cc(C)c1OCCCCC(C)O. The van der Waals surface area contributed by atoms with Crippen LogP contribution in [0.2, 0.25) is 0 Å². The number of ether oxygens (including phenoxy) is 2. The minimum absolute atomic E-state index is 0.239. The smallest absolute Gasteiger partial charge is 0.125 e. The highest BCUT2D eigenvalue weighted by atomic mass is 16.5. The Morgan fingerprint density at radius 1 is 0.594 bits per heavy atom. The number of unbranched alkanes of at least 4 members (excludes halogenated alkanes) is 2. The van der Waals surface area contributed by atoms with Crippen molar-refractivity contribution in [1.29, 1.82) is 0 Å². The molecule has 2 atom stereocenters. The molecule has 0 aliphatic carbocycles. The van der Waals surface area contributed by atoms with Crippen molar-refractivity contribution in [3.8, 4) is 22.6 Å². The molecule has 2 aromatic carbocycles. The van der Waals surface area contributed by atoms with Crippen LogP contribution in [0.1, 0.15) is 74.6 Å². The van der Waals surface area contributed by atoms with E-state index in [4.69, 9.17) is 9.47 Å². The molecule has 0 spiro atoms. The molecule has 2 aromatic rings. The summed E-state index contributed by atoms with van der Waals surface area (Å²) in [7, 11) is 0. The summed E-state index contributed by atoms with van der Waals surface area (Å²) >= 11 is 0. The summed E-state index contributed by atoms with van der Waals surface area (Å²) in [6.07, 6.45) is 5.01. The summed E-state index contributed by atoms with van der Waals surface area (Å²) < 4.78 is 12.1. The zero-order chi connectivity index (χ0) is 23.7. The molecule has 178 valence electrons. The van der Waals surface area contributed by atoms with Gasteiger partial charge in [-0.15, -0.1) is 0 Å². The van der Waals surface area contributed by atoms with Gasteiger partial charge in [0.15, 0.2) is 0 Å². The van der Waals surface area contributed by atoms with Crippen LogP contribution in [0.25, 0.3) is 11.1 Å². The summed E-state index contributed by atoms with van der Waals surface area (Å²) in [4.78, 5) is 0. The topological polar surface area (TPSA) is 58.9 Å². The summed E-state index contributed by atoms with van der Waals surface area (Å²) in [5, 5.41) is 18.8. The van der Waals surface area contributed by atoms with Gasteiger partial charge in [-0.2, -0.15) is 0 Å². The van der Waals surface area contributed by atoms with Crippen LogP contribution in [0.15, 0.2) is 24.3 Å². The molecular formula is C28H42O4. The summed E-state index contributed by atoms with van der Waals surface area (Å²) in [5.74, 6) is 1.94. The van der Waals surface area contributed by atoms with Gasteiger partial charge in [-0.25, -0.2) is 0 Å². The lowest BCUT2D eigenvalue weighted by Crippen LogP contribution is -2.04. The van der Waals surface area contributed by atoms with Crippen molar-refractivity contribution in [1.82, 2.24) is 0 Å². The number of aliphatic hydroxyl groups excluding tert-OH is 2. The van der Waals surface area contributed by atoms with Crippen molar-refractivity contribution in [3.05, 3.63) is 46.5 Å². The van der Waals surface area contributed by atoms with Gasteiger partial charge in [0, 0.05) is 0 Å². The van der Waals surface area contributed by atoms with E-state index in [2.05, 4.69) is 52.0 Å². The Morgan fingerprint density at radius 3 is 1.19 bits per heavy atom. The first kappa shape index (κ1) is 26.2. The lowest BCUT2D eigenvalue weighted by atomic mass is 9.96. The van der Waals surface area contributed by atoms with Crippen LogP contribution in [0.3, 0.4) is 0 Å². The number of aryl methyl sites for hydroxylation is 4. The molecule has 2 unspecified atom stereocenters. The van der Waals surface area contributed by atoms with Crippen LogP contribution in [-0.2, 0) is 0 Å². The Morgan fingerprint density at radius 2 is 0.906 bits per heavy atom. The van der Waals surface area contributed by atoms with Crippen molar-refractivity contribution in [3.63, 3.8) is 0 Å². The van der Waals surface area contributed by atoms with Crippen molar-refractivity contribution in [2.45, 2.75) is 92.3 Å². The standard InChI is InChI=1S/C28H42O4/c1-19-15-25(16-20(2)27(19)31-13-9-7-11-23(5)29)26-17-21(3)28(22(4)18-26)32-14-10-8-12-24(6)30/h15-18,23-24,29-30H,7-14H2,1-6H3. The highest BCUT2D eigenvalue weighted by Gasteiger charge is 2.12. The molecule has 0 fully saturated rings. The number of hydrogen-bond donors (Lipinski definition) is 2. The maximum absolute atomic E-state index is 9.38. The predicted octanol–water partition coefficient (Wildman–Crippen LogP) is 6.45. The van der Waals surface area contributed by atoms with Crippen molar-refractivity contribution < 1.29 is 19.7 Å². The molecule has 0 heterocycles. The fourth-order valence-electron chi connectivity index (χ4n) is 4.12. The first-order valence-electron chi connectivity index (χ1n) is 12.0. The quantitative estimate of drug-likeness (QED) is 0.350. The van der Waals surface area contributed by atoms with Crippen LogP contribution in [0, 0.1) is 27.7 Å². The lowest BCUT2D eigenvalue weighted by molar-refractivity contribution is 0.176. The zero-order valence-corrected chi connectivity index (χ0v) is 20.8. The lowest BCUT2D eigenvalue weighted by Gasteiger charge is -2.17. The van der Waals surface area contributed by atoms with E-state index >= 15 is 0 Å². The summed E-state index contributed by atoms with van der Waals surface area (Å²) in [6, 6.07) is 8.79. The second-order valence-corrected chi connectivity index (χ2v) is 9.26. The van der Waals surface area contributed by atoms with E-state index in [0.717, 1.165) is 72.3 Å². The van der Waals surface area contributed by atoms with Crippen LogP contribution < -0.4 is 9.47 Å². The van der Waals surface area contributed by atoms with Gasteiger partial charge in [-0.05, 0) is 138 Å².